The Bertz CT molecular complexity index is 1010. The van der Waals surface area contributed by atoms with Crippen molar-refractivity contribution in [2.24, 2.45) is 0 Å². The van der Waals surface area contributed by atoms with E-state index in [2.05, 4.69) is 21.3 Å². The minimum absolute atomic E-state index is 0.125. The van der Waals surface area contributed by atoms with Gasteiger partial charge < -0.3 is 21.3 Å². The third-order valence-electron chi connectivity index (χ3n) is 5.11. The molecule has 2 aliphatic heterocycles. The zero-order valence-corrected chi connectivity index (χ0v) is 14.9. The summed E-state index contributed by atoms with van der Waals surface area (Å²) in [6.45, 7) is 0. The fourth-order valence-electron chi connectivity index (χ4n) is 3.76. The van der Waals surface area contributed by atoms with Crippen molar-refractivity contribution in [1.82, 2.24) is 10.6 Å². The molecule has 28 heavy (non-hydrogen) atoms. The third kappa shape index (κ3) is 2.66. The van der Waals surface area contributed by atoms with Crippen molar-refractivity contribution < 1.29 is 9.59 Å². The number of fused-ring (bicyclic) bond motifs is 2. The molecule has 0 saturated heterocycles. The average Bonchev–Trinajstić information content (AvgIpc) is 2.74. The van der Waals surface area contributed by atoms with Crippen molar-refractivity contribution in [3.63, 3.8) is 0 Å². The van der Waals surface area contributed by atoms with E-state index in [1.807, 2.05) is 60.7 Å². The molecule has 3 aromatic rings. The summed E-state index contributed by atoms with van der Waals surface area (Å²) in [5.41, 5.74) is 4.60. The minimum atomic E-state index is -0.394. The number of benzene rings is 3. The fourth-order valence-corrected chi connectivity index (χ4v) is 3.76. The van der Waals surface area contributed by atoms with Gasteiger partial charge in [0.15, 0.2) is 0 Å². The van der Waals surface area contributed by atoms with Gasteiger partial charge >= 0.3 is 0 Å². The fraction of sp³-hybridized carbons (Fsp3) is 0.0909. The number of carbonyl (C=O) groups is 2. The monoisotopic (exact) mass is 370 g/mol. The number of carbonyl (C=O) groups excluding carboxylic acids is 2. The van der Waals surface area contributed by atoms with Crippen molar-refractivity contribution in [2.45, 2.75) is 12.3 Å². The lowest BCUT2D eigenvalue weighted by atomic mass is 9.97. The van der Waals surface area contributed by atoms with Gasteiger partial charge in [-0.3, -0.25) is 9.59 Å². The maximum absolute atomic E-state index is 12.5. The van der Waals surface area contributed by atoms with E-state index in [4.69, 9.17) is 0 Å². The van der Waals surface area contributed by atoms with Gasteiger partial charge in [0, 0.05) is 22.5 Å². The first-order valence-corrected chi connectivity index (χ1v) is 9.12. The van der Waals surface area contributed by atoms with E-state index in [1.54, 1.807) is 12.1 Å². The van der Waals surface area contributed by atoms with Gasteiger partial charge in [-0.05, 0) is 24.3 Å². The highest BCUT2D eigenvalue weighted by atomic mass is 16.2. The molecule has 0 bridgehead atoms. The summed E-state index contributed by atoms with van der Waals surface area (Å²) in [4.78, 5) is 25.1. The highest BCUT2D eigenvalue weighted by Crippen LogP contribution is 2.33. The first kappa shape index (κ1) is 16.4. The molecule has 4 N–H and O–H groups in total. The van der Waals surface area contributed by atoms with Gasteiger partial charge in [-0.15, -0.1) is 0 Å². The van der Waals surface area contributed by atoms with E-state index in [1.165, 1.54) is 0 Å². The summed E-state index contributed by atoms with van der Waals surface area (Å²) in [5.74, 6) is -0.250. The van der Waals surface area contributed by atoms with Gasteiger partial charge in [-0.25, -0.2) is 0 Å². The number of anilines is 2. The molecule has 0 saturated carbocycles. The molecule has 0 spiro atoms. The molecule has 6 heteroatoms. The molecule has 0 fully saturated rings. The van der Waals surface area contributed by atoms with Crippen LogP contribution in [0.1, 0.15) is 44.2 Å². The number of para-hydroxylation sites is 2. The molecular formula is C22H18N4O2. The molecule has 2 amide bonds. The van der Waals surface area contributed by atoms with Crippen LogP contribution >= 0.6 is 0 Å². The lowest BCUT2D eigenvalue weighted by molar-refractivity contribution is 0.0923. The summed E-state index contributed by atoms with van der Waals surface area (Å²) in [6, 6.07) is 22.6. The van der Waals surface area contributed by atoms with Crippen molar-refractivity contribution in [2.75, 3.05) is 10.6 Å². The number of nitrogens with one attached hydrogen (secondary N) is 4. The Morgan fingerprint density at radius 2 is 0.893 bits per heavy atom. The highest BCUT2D eigenvalue weighted by molar-refractivity contribution is 6.02. The van der Waals surface area contributed by atoms with E-state index >= 15 is 0 Å². The zero-order chi connectivity index (χ0) is 19.1. The standard InChI is InChI=1S/C22H18N4O2/c27-21-15-9-3-5-11-17(15)23-19(25-21)13-7-1-2-8-14(13)20-24-18-12-6-4-10-16(18)22(28)26-20/h1-12,19-20,23-24H,(H,25,27)(H,26,28). The second-order valence-electron chi connectivity index (χ2n) is 6.82. The quantitative estimate of drug-likeness (QED) is 0.557. The van der Waals surface area contributed by atoms with Crippen LogP contribution in [0.5, 0.6) is 0 Å². The normalized spacial score (nSPS) is 20.0. The predicted octanol–water partition coefficient (Wildman–Crippen LogP) is 3.39. The highest BCUT2D eigenvalue weighted by Gasteiger charge is 2.30. The largest absolute Gasteiger partial charge is 0.361 e. The van der Waals surface area contributed by atoms with E-state index in [0.717, 1.165) is 22.5 Å². The second kappa shape index (κ2) is 6.42. The molecule has 2 heterocycles. The zero-order valence-electron chi connectivity index (χ0n) is 14.9. The lowest BCUT2D eigenvalue weighted by Gasteiger charge is -2.33. The van der Waals surface area contributed by atoms with Crippen LogP contribution in [0.4, 0.5) is 11.4 Å². The second-order valence-corrected chi connectivity index (χ2v) is 6.82. The molecule has 0 aliphatic carbocycles. The van der Waals surface area contributed by atoms with Crippen molar-refractivity contribution >= 4 is 23.2 Å². The molecular weight excluding hydrogens is 352 g/mol. The van der Waals surface area contributed by atoms with Crippen LogP contribution in [-0.4, -0.2) is 11.8 Å². The van der Waals surface area contributed by atoms with Gasteiger partial charge in [0.1, 0.15) is 12.3 Å². The lowest BCUT2D eigenvalue weighted by Crippen LogP contribution is -2.42. The molecule has 3 aromatic carbocycles. The maximum atomic E-state index is 12.5. The Hall–Kier alpha value is -3.80. The van der Waals surface area contributed by atoms with Crippen molar-refractivity contribution in [3.8, 4) is 0 Å². The van der Waals surface area contributed by atoms with E-state index in [9.17, 15) is 9.59 Å². The Morgan fingerprint density at radius 1 is 0.500 bits per heavy atom. The molecule has 2 unspecified atom stereocenters. The smallest absolute Gasteiger partial charge is 0.255 e. The number of hydrogen-bond acceptors (Lipinski definition) is 4. The van der Waals surface area contributed by atoms with Gasteiger partial charge in [-0.1, -0.05) is 48.5 Å². The van der Waals surface area contributed by atoms with Crippen molar-refractivity contribution in [3.05, 3.63) is 95.1 Å². The molecule has 0 aromatic heterocycles. The Balaban J connectivity index is 1.51. The molecule has 2 atom stereocenters. The average molecular weight is 370 g/mol. The predicted molar refractivity (Wildman–Crippen MR) is 107 cm³/mol. The van der Waals surface area contributed by atoms with E-state index in [-0.39, 0.29) is 11.8 Å². The molecule has 138 valence electrons. The summed E-state index contributed by atoms with van der Waals surface area (Å²) in [5, 5.41) is 12.8. The summed E-state index contributed by atoms with van der Waals surface area (Å²) < 4.78 is 0. The van der Waals surface area contributed by atoms with Crippen LogP contribution in [0, 0.1) is 0 Å². The summed E-state index contributed by atoms with van der Waals surface area (Å²) in [7, 11) is 0. The number of rotatable bonds is 2. The third-order valence-corrected chi connectivity index (χ3v) is 5.11. The van der Waals surface area contributed by atoms with Crippen molar-refractivity contribution in [1.29, 1.82) is 0 Å². The Morgan fingerprint density at radius 3 is 1.36 bits per heavy atom. The summed E-state index contributed by atoms with van der Waals surface area (Å²) in [6.07, 6.45) is -0.788. The van der Waals surface area contributed by atoms with Crippen LogP contribution in [0.2, 0.25) is 0 Å². The minimum Gasteiger partial charge on any atom is -0.361 e. The van der Waals surface area contributed by atoms with Gasteiger partial charge in [-0.2, -0.15) is 0 Å². The Kier molecular flexibility index (Phi) is 3.76. The van der Waals surface area contributed by atoms with Gasteiger partial charge in [0.2, 0.25) is 0 Å². The molecule has 6 nitrogen and oxygen atoms in total. The van der Waals surface area contributed by atoms with Crippen LogP contribution < -0.4 is 21.3 Å². The molecule has 2 aliphatic rings. The first-order chi connectivity index (χ1) is 13.7. The number of hydrogen-bond donors (Lipinski definition) is 4. The van der Waals surface area contributed by atoms with E-state index < -0.39 is 12.3 Å². The molecule has 0 radical (unpaired) electrons. The van der Waals surface area contributed by atoms with Crippen LogP contribution in [-0.2, 0) is 0 Å². The number of amides is 2. The maximum Gasteiger partial charge on any atom is 0.255 e. The van der Waals surface area contributed by atoms with Gasteiger partial charge in [0.25, 0.3) is 11.8 Å². The topological polar surface area (TPSA) is 82.3 Å². The SMILES string of the molecule is O=C1NC(c2ccccc2C2NC(=O)c3ccccc3N2)Nc2ccccc21. The Labute approximate surface area is 162 Å². The van der Waals surface area contributed by atoms with E-state index in [0.29, 0.717) is 11.1 Å². The van der Waals surface area contributed by atoms with Crippen LogP contribution in [0.3, 0.4) is 0 Å². The first-order valence-electron chi connectivity index (χ1n) is 9.12. The van der Waals surface area contributed by atoms with Gasteiger partial charge in [0.05, 0.1) is 11.1 Å². The van der Waals surface area contributed by atoms with Crippen LogP contribution in [0.25, 0.3) is 0 Å². The summed E-state index contributed by atoms with van der Waals surface area (Å²) >= 11 is 0. The molecule has 5 rings (SSSR count). The van der Waals surface area contributed by atoms with Crippen LogP contribution in [0.15, 0.2) is 72.8 Å².